The molecule has 0 saturated carbocycles. The standard InChI is InChI=1S/C33H62O11S/c1-28(2)32(35)11-13-38-15-17-40-19-21-42-23-25-44-27-26-43-24-22-41-20-18-39-16-14-37-12-7-9-31(34)8-6-10-33(36)30(5)45-29(3)4/h28-30H,6-27H2,1-5H3. The van der Waals surface area contributed by atoms with E-state index in [2.05, 4.69) is 13.8 Å². The summed E-state index contributed by atoms with van der Waals surface area (Å²) >= 11 is 1.67. The summed E-state index contributed by atoms with van der Waals surface area (Å²) in [6.45, 7) is 17.7. The van der Waals surface area contributed by atoms with Crippen LogP contribution in [0.5, 0.6) is 0 Å². The van der Waals surface area contributed by atoms with E-state index in [9.17, 15) is 14.4 Å². The van der Waals surface area contributed by atoms with Gasteiger partial charge in [0.15, 0.2) is 0 Å². The summed E-state index contributed by atoms with van der Waals surface area (Å²) in [4.78, 5) is 35.5. The Balaban J connectivity index is 3.22. The fourth-order valence-corrected chi connectivity index (χ4v) is 4.83. The number of carbonyl (C=O) groups excluding carboxylic acids is 3. The molecule has 0 fully saturated rings. The Morgan fingerprint density at radius 2 is 0.778 bits per heavy atom. The van der Waals surface area contributed by atoms with Gasteiger partial charge < -0.3 is 37.9 Å². The third-order valence-corrected chi connectivity index (χ3v) is 7.51. The summed E-state index contributed by atoms with van der Waals surface area (Å²) in [5.74, 6) is 0.694. The first kappa shape index (κ1) is 44.0. The molecule has 0 rings (SSSR count). The van der Waals surface area contributed by atoms with Gasteiger partial charge in [-0.3, -0.25) is 14.4 Å². The fourth-order valence-electron chi connectivity index (χ4n) is 3.75. The zero-order valence-electron chi connectivity index (χ0n) is 28.7. The molecular formula is C33H62O11S. The molecule has 12 heteroatoms. The fraction of sp³-hybridized carbons (Fsp3) is 0.909. The lowest BCUT2D eigenvalue weighted by Gasteiger charge is -2.12. The highest BCUT2D eigenvalue weighted by Gasteiger charge is 2.15. The number of ketones is 3. The Labute approximate surface area is 276 Å². The van der Waals surface area contributed by atoms with Crippen LogP contribution in [-0.4, -0.2) is 134 Å². The lowest BCUT2D eigenvalue weighted by Crippen LogP contribution is -2.15. The first-order chi connectivity index (χ1) is 21.7. The predicted molar refractivity (Wildman–Crippen MR) is 176 cm³/mol. The molecule has 0 aliphatic rings. The second-order valence-corrected chi connectivity index (χ2v) is 13.0. The molecular weight excluding hydrogens is 604 g/mol. The summed E-state index contributed by atoms with van der Waals surface area (Å²) in [6, 6.07) is 0. The van der Waals surface area contributed by atoms with Crippen LogP contribution < -0.4 is 0 Å². The van der Waals surface area contributed by atoms with Gasteiger partial charge in [-0.05, 0) is 25.0 Å². The van der Waals surface area contributed by atoms with Crippen LogP contribution >= 0.6 is 11.8 Å². The number of Topliss-reactive ketones (excluding diaryl/α,β-unsaturated/α-hetero) is 3. The van der Waals surface area contributed by atoms with E-state index >= 15 is 0 Å². The van der Waals surface area contributed by atoms with E-state index in [0.717, 1.165) is 0 Å². The molecule has 1 atom stereocenters. The maximum absolute atomic E-state index is 12.1. The van der Waals surface area contributed by atoms with Crippen LogP contribution in [0.4, 0.5) is 0 Å². The van der Waals surface area contributed by atoms with Crippen molar-refractivity contribution in [3.05, 3.63) is 0 Å². The van der Waals surface area contributed by atoms with E-state index in [4.69, 9.17) is 37.9 Å². The molecule has 0 heterocycles. The Morgan fingerprint density at radius 1 is 0.422 bits per heavy atom. The second-order valence-electron chi connectivity index (χ2n) is 11.1. The van der Waals surface area contributed by atoms with Crippen molar-refractivity contribution in [3.63, 3.8) is 0 Å². The van der Waals surface area contributed by atoms with E-state index in [1.54, 1.807) is 11.8 Å². The van der Waals surface area contributed by atoms with Gasteiger partial charge in [-0.15, -0.1) is 11.8 Å². The van der Waals surface area contributed by atoms with Gasteiger partial charge in [-0.2, -0.15) is 0 Å². The smallest absolute Gasteiger partial charge is 0.145 e. The van der Waals surface area contributed by atoms with Crippen molar-refractivity contribution >= 4 is 29.1 Å². The highest BCUT2D eigenvalue weighted by Crippen LogP contribution is 2.19. The minimum atomic E-state index is 0.00115. The van der Waals surface area contributed by atoms with Crippen LogP contribution in [0.3, 0.4) is 0 Å². The van der Waals surface area contributed by atoms with Gasteiger partial charge in [-0.25, -0.2) is 0 Å². The zero-order valence-corrected chi connectivity index (χ0v) is 29.5. The molecule has 11 nitrogen and oxygen atoms in total. The van der Waals surface area contributed by atoms with Crippen LogP contribution in [0.25, 0.3) is 0 Å². The third-order valence-electron chi connectivity index (χ3n) is 6.29. The van der Waals surface area contributed by atoms with Crippen molar-refractivity contribution in [1.82, 2.24) is 0 Å². The zero-order chi connectivity index (χ0) is 33.4. The summed E-state index contributed by atoms with van der Waals surface area (Å²) in [7, 11) is 0. The van der Waals surface area contributed by atoms with Crippen LogP contribution in [0.2, 0.25) is 0 Å². The number of carbonyl (C=O) groups is 3. The molecule has 0 aliphatic heterocycles. The summed E-state index contributed by atoms with van der Waals surface area (Å²) in [6.07, 6.45) is 3.20. The molecule has 0 aromatic carbocycles. The largest absolute Gasteiger partial charge is 0.379 e. The van der Waals surface area contributed by atoms with E-state index in [1.807, 2.05) is 20.8 Å². The number of rotatable bonds is 36. The summed E-state index contributed by atoms with van der Waals surface area (Å²) in [5, 5.41) is 0.433. The van der Waals surface area contributed by atoms with Crippen molar-refractivity contribution in [2.45, 2.75) is 83.6 Å². The first-order valence-corrected chi connectivity index (χ1v) is 17.5. The van der Waals surface area contributed by atoms with Gasteiger partial charge in [0.2, 0.25) is 0 Å². The highest BCUT2D eigenvalue weighted by atomic mass is 32.2. The molecule has 0 spiro atoms. The molecule has 0 aromatic rings. The number of thioether (sulfide) groups is 1. The maximum Gasteiger partial charge on any atom is 0.145 e. The van der Waals surface area contributed by atoms with Crippen molar-refractivity contribution < 1.29 is 52.3 Å². The Morgan fingerprint density at radius 3 is 1.16 bits per heavy atom. The SMILES string of the molecule is CC(C)SC(C)C(=O)CCCC(=O)CCCOCCOCCOCCOCCOCCOCCOCCOCCC(=O)C(C)C. The lowest BCUT2D eigenvalue weighted by atomic mass is 10.1. The monoisotopic (exact) mass is 666 g/mol. The minimum Gasteiger partial charge on any atom is -0.379 e. The Hall–Kier alpha value is -0.960. The minimum absolute atomic E-state index is 0.00115. The van der Waals surface area contributed by atoms with Gasteiger partial charge in [0.25, 0.3) is 0 Å². The molecule has 0 radical (unpaired) electrons. The molecule has 0 aliphatic carbocycles. The van der Waals surface area contributed by atoms with Crippen molar-refractivity contribution in [2.75, 3.05) is 106 Å². The van der Waals surface area contributed by atoms with Crippen molar-refractivity contribution in [1.29, 1.82) is 0 Å². The Bertz CT molecular complexity index is 706. The number of hydrogen-bond acceptors (Lipinski definition) is 12. The quantitative estimate of drug-likeness (QED) is 0.0883. The molecule has 0 N–H and O–H groups in total. The third kappa shape index (κ3) is 32.8. The molecule has 45 heavy (non-hydrogen) atoms. The van der Waals surface area contributed by atoms with Gasteiger partial charge in [0.1, 0.15) is 17.3 Å². The van der Waals surface area contributed by atoms with E-state index in [-0.39, 0.29) is 28.5 Å². The second kappa shape index (κ2) is 33.0. The predicted octanol–water partition coefficient (Wildman–Crippen LogP) is 4.35. The molecule has 0 saturated heterocycles. The van der Waals surface area contributed by atoms with Crippen LogP contribution in [0.15, 0.2) is 0 Å². The van der Waals surface area contributed by atoms with Crippen LogP contribution in [-0.2, 0) is 52.3 Å². The molecule has 0 aromatic heterocycles. The highest BCUT2D eigenvalue weighted by molar-refractivity contribution is 8.01. The van der Waals surface area contributed by atoms with Crippen LogP contribution in [0.1, 0.15) is 73.1 Å². The lowest BCUT2D eigenvalue weighted by molar-refractivity contribution is -0.123. The summed E-state index contributed by atoms with van der Waals surface area (Å²) < 4.78 is 43.6. The average Bonchev–Trinajstić information content (AvgIpc) is 3.00. The molecule has 0 bridgehead atoms. The average molecular weight is 667 g/mol. The van der Waals surface area contributed by atoms with Crippen LogP contribution in [0, 0.1) is 5.92 Å². The molecule has 1 unspecified atom stereocenters. The maximum atomic E-state index is 12.1. The van der Waals surface area contributed by atoms with Crippen molar-refractivity contribution in [2.24, 2.45) is 5.92 Å². The summed E-state index contributed by atoms with van der Waals surface area (Å²) in [5.41, 5.74) is 0. The van der Waals surface area contributed by atoms with Gasteiger partial charge >= 0.3 is 0 Å². The molecule has 0 amide bonds. The van der Waals surface area contributed by atoms with E-state index < -0.39 is 0 Å². The number of ether oxygens (including phenoxy) is 8. The van der Waals surface area contributed by atoms with E-state index in [0.29, 0.717) is 149 Å². The normalized spacial score (nSPS) is 12.3. The number of hydrogen-bond donors (Lipinski definition) is 0. The van der Waals surface area contributed by atoms with Crippen molar-refractivity contribution in [3.8, 4) is 0 Å². The van der Waals surface area contributed by atoms with Gasteiger partial charge in [0.05, 0.1) is 104 Å². The van der Waals surface area contributed by atoms with Gasteiger partial charge in [0, 0.05) is 38.2 Å². The Kier molecular flexibility index (Phi) is 32.3. The topological polar surface area (TPSA) is 125 Å². The molecule has 266 valence electrons. The first-order valence-electron chi connectivity index (χ1n) is 16.6. The van der Waals surface area contributed by atoms with Gasteiger partial charge in [-0.1, -0.05) is 27.7 Å². The van der Waals surface area contributed by atoms with E-state index in [1.165, 1.54) is 0 Å².